The number of nitriles is 1. The summed E-state index contributed by atoms with van der Waals surface area (Å²) in [5.74, 6) is 1.82. The number of nitrogens with one attached hydrogen (secondary N) is 2. The van der Waals surface area contributed by atoms with Gasteiger partial charge in [-0.25, -0.2) is 9.97 Å². The fourth-order valence-electron chi connectivity index (χ4n) is 2.42. The van der Waals surface area contributed by atoms with Gasteiger partial charge in [-0.2, -0.15) is 10.4 Å². The van der Waals surface area contributed by atoms with Crippen LogP contribution in [0.2, 0.25) is 0 Å². The van der Waals surface area contributed by atoms with E-state index in [1.165, 1.54) is 0 Å². The maximum Gasteiger partial charge on any atom is 0.214 e. The van der Waals surface area contributed by atoms with Crippen LogP contribution in [0.5, 0.6) is 0 Å². The lowest BCUT2D eigenvalue weighted by atomic mass is 10.2. The standard InChI is InChI=1S/C14H13N7/c1-8-4-12(20-19-8)18-14-16-6-11(9-2-3-9)13-17-10(5-15)7-21(13)14/h4,6-7,9H,2-3H2,1H3,(H2,16,18,19,20). The first-order valence-electron chi connectivity index (χ1n) is 6.82. The average Bonchev–Trinajstić information content (AvgIpc) is 3.09. The van der Waals surface area contributed by atoms with E-state index in [4.69, 9.17) is 5.26 Å². The van der Waals surface area contributed by atoms with E-state index < -0.39 is 0 Å². The molecule has 104 valence electrons. The molecule has 3 aromatic heterocycles. The number of aromatic amines is 1. The van der Waals surface area contributed by atoms with Crippen LogP contribution in [0.1, 0.15) is 35.7 Å². The van der Waals surface area contributed by atoms with Crippen LogP contribution in [-0.4, -0.2) is 24.6 Å². The monoisotopic (exact) mass is 279 g/mol. The van der Waals surface area contributed by atoms with Crippen LogP contribution in [0.4, 0.5) is 11.8 Å². The molecule has 0 radical (unpaired) electrons. The molecule has 1 fully saturated rings. The number of imidazole rings is 1. The van der Waals surface area contributed by atoms with Gasteiger partial charge in [0.15, 0.2) is 11.5 Å². The quantitative estimate of drug-likeness (QED) is 0.766. The summed E-state index contributed by atoms with van der Waals surface area (Å²) in [5.41, 5.74) is 3.27. The zero-order chi connectivity index (χ0) is 14.4. The Hall–Kier alpha value is -2.88. The molecule has 3 heterocycles. The highest BCUT2D eigenvalue weighted by atomic mass is 15.3. The Morgan fingerprint density at radius 2 is 2.33 bits per heavy atom. The van der Waals surface area contributed by atoms with Crippen molar-refractivity contribution < 1.29 is 0 Å². The Labute approximate surface area is 120 Å². The SMILES string of the molecule is Cc1cc(Nc2ncc(C3CC3)c3nc(C#N)cn23)n[nH]1. The summed E-state index contributed by atoms with van der Waals surface area (Å²) in [7, 11) is 0. The molecule has 7 heteroatoms. The molecule has 21 heavy (non-hydrogen) atoms. The molecule has 0 saturated heterocycles. The van der Waals surface area contributed by atoms with Crippen molar-refractivity contribution in [3.05, 3.63) is 35.4 Å². The Bertz CT molecular complexity index is 863. The zero-order valence-electron chi connectivity index (χ0n) is 11.5. The number of aromatic nitrogens is 5. The topological polar surface area (TPSA) is 94.7 Å². The zero-order valence-corrected chi connectivity index (χ0v) is 11.5. The molecule has 0 bridgehead atoms. The van der Waals surface area contributed by atoms with Crippen molar-refractivity contribution in [2.75, 3.05) is 5.32 Å². The molecule has 2 N–H and O–H groups in total. The third-order valence-electron chi connectivity index (χ3n) is 3.60. The smallest absolute Gasteiger partial charge is 0.214 e. The normalized spacial score (nSPS) is 14.3. The summed E-state index contributed by atoms with van der Waals surface area (Å²) >= 11 is 0. The van der Waals surface area contributed by atoms with Crippen LogP contribution in [0, 0.1) is 18.3 Å². The summed E-state index contributed by atoms with van der Waals surface area (Å²) in [5, 5.41) is 19.3. The molecular weight excluding hydrogens is 266 g/mol. The van der Waals surface area contributed by atoms with Gasteiger partial charge in [0.2, 0.25) is 5.95 Å². The third-order valence-corrected chi connectivity index (χ3v) is 3.60. The molecule has 3 aromatic rings. The second-order valence-electron chi connectivity index (χ2n) is 5.30. The van der Waals surface area contributed by atoms with Gasteiger partial charge in [0.1, 0.15) is 11.7 Å². The van der Waals surface area contributed by atoms with Crippen LogP contribution in [0.3, 0.4) is 0 Å². The predicted molar refractivity (Wildman–Crippen MR) is 76.3 cm³/mol. The van der Waals surface area contributed by atoms with Gasteiger partial charge in [-0.05, 0) is 25.7 Å². The molecule has 0 spiro atoms. The first-order valence-corrected chi connectivity index (χ1v) is 6.82. The van der Waals surface area contributed by atoms with E-state index in [1.807, 2.05) is 23.6 Å². The van der Waals surface area contributed by atoms with Gasteiger partial charge in [0.25, 0.3) is 0 Å². The lowest BCUT2D eigenvalue weighted by Gasteiger charge is -2.07. The highest BCUT2D eigenvalue weighted by Gasteiger charge is 2.28. The highest BCUT2D eigenvalue weighted by Crippen LogP contribution is 2.41. The van der Waals surface area contributed by atoms with Gasteiger partial charge in [-0.1, -0.05) is 0 Å². The van der Waals surface area contributed by atoms with Crippen LogP contribution in [0.25, 0.3) is 5.65 Å². The van der Waals surface area contributed by atoms with Crippen molar-refractivity contribution >= 4 is 17.4 Å². The molecule has 4 rings (SSSR count). The van der Waals surface area contributed by atoms with Gasteiger partial charge in [-0.3, -0.25) is 9.50 Å². The number of rotatable bonds is 3. The Kier molecular flexibility index (Phi) is 2.44. The number of hydrogen-bond donors (Lipinski definition) is 2. The second kappa shape index (κ2) is 4.31. The number of H-pyrrole nitrogens is 1. The number of nitrogens with zero attached hydrogens (tertiary/aromatic N) is 5. The van der Waals surface area contributed by atoms with E-state index >= 15 is 0 Å². The van der Waals surface area contributed by atoms with Gasteiger partial charge < -0.3 is 5.32 Å². The van der Waals surface area contributed by atoms with Crippen LogP contribution in [-0.2, 0) is 0 Å². The predicted octanol–water partition coefficient (Wildman–Crippen LogP) is 2.25. The number of aryl methyl sites for hydroxylation is 1. The van der Waals surface area contributed by atoms with Crippen molar-refractivity contribution in [2.45, 2.75) is 25.7 Å². The van der Waals surface area contributed by atoms with E-state index in [-0.39, 0.29) is 0 Å². The molecule has 0 atom stereocenters. The fraction of sp³-hybridized carbons (Fsp3) is 0.286. The first kappa shape index (κ1) is 11.9. The molecule has 0 unspecified atom stereocenters. The third kappa shape index (κ3) is 2.01. The maximum absolute atomic E-state index is 9.08. The Morgan fingerprint density at radius 1 is 1.48 bits per heavy atom. The minimum Gasteiger partial charge on any atom is -0.308 e. The summed E-state index contributed by atoms with van der Waals surface area (Å²) < 4.78 is 1.83. The van der Waals surface area contributed by atoms with E-state index in [0.717, 1.165) is 29.7 Å². The molecule has 1 aliphatic carbocycles. The first-order chi connectivity index (χ1) is 10.2. The fourth-order valence-corrected chi connectivity index (χ4v) is 2.42. The van der Waals surface area contributed by atoms with Crippen LogP contribution < -0.4 is 5.32 Å². The van der Waals surface area contributed by atoms with Crippen molar-refractivity contribution in [1.82, 2.24) is 24.6 Å². The van der Waals surface area contributed by atoms with Crippen LogP contribution >= 0.6 is 0 Å². The number of hydrogen-bond acceptors (Lipinski definition) is 5. The molecule has 0 amide bonds. The molecule has 1 saturated carbocycles. The largest absolute Gasteiger partial charge is 0.308 e. The number of anilines is 2. The highest BCUT2D eigenvalue weighted by molar-refractivity contribution is 5.59. The summed E-state index contributed by atoms with van der Waals surface area (Å²) in [6, 6.07) is 3.98. The number of fused-ring (bicyclic) bond motifs is 1. The Morgan fingerprint density at radius 3 is 3.00 bits per heavy atom. The van der Waals surface area contributed by atoms with E-state index in [9.17, 15) is 0 Å². The van der Waals surface area contributed by atoms with Gasteiger partial charge in [-0.15, -0.1) is 0 Å². The molecular formula is C14H13N7. The molecule has 1 aliphatic rings. The van der Waals surface area contributed by atoms with Crippen molar-refractivity contribution in [3.8, 4) is 6.07 Å². The molecule has 0 aliphatic heterocycles. The minimum atomic E-state index is 0.395. The van der Waals surface area contributed by atoms with E-state index in [2.05, 4.69) is 31.6 Å². The van der Waals surface area contributed by atoms with Crippen molar-refractivity contribution in [3.63, 3.8) is 0 Å². The maximum atomic E-state index is 9.08. The van der Waals surface area contributed by atoms with Gasteiger partial charge in [0.05, 0.1) is 6.20 Å². The summed E-state index contributed by atoms with van der Waals surface area (Å²) in [6.45, 7) is 1.93. The molecule has 0 aromatic carbocycles. The molecule has 7 nitrogen and oxygen atoms in total. The van der Waals surface area contributed by atoms with E-state index in [1.54, 1.807) is 6.20 Å². The minimum absolute atomic E-state index is 0.395. The van der Waals surface area contributed by atoms with E-state index in [0.29, 0.717) is 23.4 Å². The lowest BCUT2D eigenvalue weighted by Crippen LogP contribution is -2.03. The van der Waals surface area contributed by atoms with Gasteiger partial charge in [0, 0.05) is 23.5 Å². The second-order valence-corrected chi connectivity index (χ2v) is 5.30. The van der Waals surface area contributed by atoms with Crippen molar-refractivity contribution in [1.29, 1.82) is 5.26 Å². The summed E-state index contributed by atoms with van der Waals surface area (Å²) in [6.07, 6.45) is 5.88. The van der Waals surface area contributed by atoms with Crippen LogP contribution in [0.15, 0.2) is 18.5 Å². The summed E-state index contributed by atoms with van der Waals surface area (Å²) in [4.78, 5) is 8.86. The average molecular weight is 279 g/mol. The van der Waals surface area contributed by atoms with Gasteiger partial charge >= 0.3 is 0 Å². The lowest BCUT2D eigenvalue weighted by molar-refractivity contribution is 1.00. The van der Waals surface area contributed by atoms with Crippen molar-refractivity contribution in [2.24, 2.45) is 0 Å². The Balaban J connectivity index is 1.83.